The van der Waals surface area contributed by atoms with Gasteiger partial charge < -0.3 is 14.2 Å². The van der Waals surface area contributed by atoms with Gasteiger partial charge in [0, 0.05) is 11.6 Å². The van der Waals surface area contributed by atoms with E-state index in [9.17, 15) is 22.8 Å². The third-order valence-corrected chi connectivity index (χ3v) is 4.85. The van der Waals surface area contributed by atoms with Gasteiger partial charge in [0.2, 0.25) is 0 Å². The second kappa shape index (κ2) is 11.2. The molecule has 0 fully saturated rings. The molecule has 3 rings (SSSR count). The standard InChI is InChI=1S/C28H21F3O5/c1-4-26(32)35-16-15-34-23-12-9-20(10-13-23)19-5-7-21(8-6-19)22-11-14-25(36-27(33)18(2)3)24(17-22)28(29,30)31/h4-17H,1-2H2,3H3. The number of rotatable bonds is 8. The number of benzene rings is 3. The number of halogens is 3. The minimum absolute atomic E-state index is 0.00660. The molecule has 0 spiro atoms. The molecule has 0 heterocycles. The van der Waals surface area contributed by atoms with E-state index in [0.29, 0.717) is 16.9 Å². The van der Waals surface area contributed by atoms with Gasteiger partial charge in [0.25, 0.3) is 0 Å². The van der Waals surface area contributed by atoms with Gasteiger partial charge in [0.05, 0.1) is 5.56 Å². The van der Waals surface area contributed by atoms with Gasteiger partial charge in [-0.2, -0.15) is 13.2 Å². The highest BCUT2D eigenvalue weighted by Gasteiger charge is 2.35. The molecule has 0 bridgehead atoms. The Morgan fingerprint density at radius 3 is 1.89 bits per heavy atom. The topological polar surface area (TPSA) is 61.8 Å². The van der Waals surface area contributed by atoms with Gasteiger partial charge in [0.15, 0.2) is 0 Å². The molecule has 0 aliphatic heterocycles. The molecular weight excluding hydrogens is 473 g/mol. The van der Waals surface area contributed by atoms with Crippen LogP contribution in [0.3, 0.4) is 0 Å². The van der Waals surface area contributed by atoms with Crippen molar-refractivity contribution >= 4 is 11.9 Å². The van der Waals surface area contributed by atoms with Gasteiger partial charge in [-0.3, -0.25) is 0 Å². The van der Waals surface area contributed by atoms with Crippen LogP contribution in [-0.4, -0.2) is 11.9 Å². The number of ether oxygens (including phenoxy) is 3. The van der Waals surface area contributed by atoms with E-state index in [0.717, 1.165) is 35.6 Å². The molecule has 0 atom stereocenters. The molecule has 0 saturated carbocycles. The highest BCUT2D eigenvalue weighted by molar-refractivity contribution is 5.89. The van der Waals surface area contributed by atoms with Gasteiger partial charge in [-0.15, -0.1) is 0 Å². The molecule has 0 N–H and O–H groups in total. The van der Waals surface area contributed by atoms with Crippen molar-refractivity contribution < 1.29 is 37.0 Å². The molecule has 0 aliphatic carbocycles. The third-order valence-electron chi connectivity index (χ3n) is 4.85. The van der Waals surface area contributed by atoms with Crippen molar-refractivity contribution in [1.82, 2.24) is 0 Å². The molecular formula is C28H21F3O5. The first kappa shape index (κ1) is 26.0. The van der Waals surface area contributed by atoms with Crippen LogP contribution in [0.2, 0.25) is 0 Å². The average molecular weight is 494 g/mol. The number of carbonyl (C=O) groups is 2. The lowest BCUT2D eigenvalue weighted by Gasteiger charge is -2.15. The lowest BCUT2D eigenvalue weighted by molar-refractivity contribution is -0.141. The van der Waals surface area contributed by atoms with Crippen LogP contribution in [0.4, 0.5) is 13.2 Å². The van der Waals surface area contributed by atoms with Crippen molar-refractivity contribution in [3.8, 4) is 33.8 Å². The number of esters is 2. The summed E-state index contributed by atoms with van der Waals surface area (Å²) in [5.41, 5.74) is 1.51. The molecule has 0 aliphatic rings. The van der Waals surface area contributed by atoms with Crippen molar-refractivity contribution in [3.05, 3.63) is 110 Å². The normalized spacial score (nSPS) is 11.1. The van der Waals surface area contributed by atoms with Gasteiger partial charge >= 0.3 is 18.1 Å². The van der Waals surface area contributed by atoms with Crippen LogP contribution < -0.4 is 9.47 Å². The molecule has 0 radical (unpaired) electrons. The van der Waals surface area contributed by atoms with Crippen molar-refractivity contribution in [2.75, 3.05) is 0 Å². The summed E-state index contributed by atoms with van der Waals surface area (Å²) in [6, 6.07) is 17.5. The van der Waals surface area contributed by atoms with Crippen LogP contribution in [-0.2, 0) is 20.5 Å². The third kappa shape index (κ3) is 6.73. The second-order valence-corrected chi connectivity index (χ2v) is 7.51. The first-order valence-electron chi connectivity index (χ1n) is 10.5. The fourth-order valence-electron chi connectivity index (χ4n) is 3.04. The molecule has 36 heavy (non-hydrogen) atoms. The lowest BCUT2D eigenvalue weighted by atomic mass is 9.98. The Bertz CT molecular complexity index is 1300. The summed E-state index contributed by atoms with van der Waals surface area (Å²) in [4.78, 5) is 22.7. The van der Waals surface area contributed by atoms with Crippen molar-refractivity contribution in [2.24, 2.45) is 0 Å². The van der Waals surface area contributed by atoms with E-state index in [4.69, 9.17) is 9.47 Å². The Morgan fingerprint density at radius 1 is 0.833 bits per heavy atom. The fourth-order valence-corrected chi connectivity index (χ4v) is 3.04. The van der Waals surface area contributed by atoms with Gasteiger partial charge in [0.1, 0.15) is 24.0 Å². The van der Waals surface area contributed by atoms with Gasteiger partial charge in [-0.05, 0) is 53.4 Å². The number of hydrogen-bond acceptors (Lipinski definition) is 5. The Kier molecular flexibility index (Phi) is 8.11. The Morgan fingerprint density at radius 2 is 1.36 bits per heavy atom. The van der Waals surface area contributed by atoms with Crippen LogP contribution in [0.1, 0.15) is 12.5 Å². The number of carbonyl (C=O) groups excluding carboxylic acids is 2. The zero-order valence-corrected chi connectivity index (χ0v) is 19.2. The molecule has 0 unspecified atom stereocenters. The van der Waals surface area contributed by atoms with Crippen LogP contribution in [0.25, 0.3) is 22.3 Å². The van der Waals surface area contributed by atoms with E-state index in [2.05, 4.69) is 17.9 Å². The largest absolute Gasteiger partial charge is 0.462 e. The summed E-state index contributed by atoms with van der Waals surface area (Å²) in [6.45, 7) is 8.02. The summed E-state index contributed by atoms with van der Waals surface area (Å²) in [7, 11) is 0. The monoisotopic (exact) mass is 494 g/mol. The van der Waals surface area contributed by atoms with E-state index in [-0.39, 0.29) is 5.57 Å². The molecule has 3 aromatic carbocycles. The minimum Gasteiger partial charge on any atom is -0.462 e. The van der Waals surface area contributed by atoms with E-state index >= 15 is 0 Å². The minimum atomic E-state index is -4.72. The quantitative estimate of drug-likeness (QED) is 0.145. The zero-order valence-electron chi connectivity index (χ0n) is 19.2. The molecule has 5 nitrogen and oxygen atoms in total. The van der Waals surface area contributed by atoms with E-state index in [1.54, 1.807) is 48.5 Å². The van der Waals surface area contributed by atoms with Crippen LogP contribution in [0, 0.1) is 0 Å². The smallest absolute Gasteiger partial charge is 0.420 e. The SMILES string of the molecule is C=CC(=O)OC=COc1ccc(-c2ccc(-c3ccc(OC(=O)C(=C)C)c(C(F)(F)F)c3)cc2)cc1. The van der Waals surface area contributed by atoms with Crippen LogP contribution >= 0.6 is 0 Å². The maximum atomic E-state index is 13.6. The van der Waals surface area contributed by atoms with Crippen molar-refractivity contribution in [1.29, 1.82) is 0 Å². The molecule has 0 aromatic heterocycles. The molecule has 8 heteroatoms. The Hall–Kier alpha value is -4.59. The molecule has 0 amide bonds. The van der Waals surface area contributed by atoms with Gasteiger partial charge in [-0.25, -0.2) is 9.59 Å². The maximum Gasteiger partial charge on any atom is 0.420 e. The Balaban J connectivity index is 1.77. The number of hydrogen-bond donors (Lipinski definition) is 0. The van der Waals surface area contributed by atoms with Crippen LogP contribution in [0.15, 0.2) is 104 Å². The molecule has 3 aromatic rings. The van der Waals surface area contributed by atoms with Crippen molar-refractivity contribution in [2.45, 2.75) is 13.1 Å². The summed E-state index contributed by atoms with van der Waals surface area (Å²) < 4.78 is 55.7. The molecule has 184 valence electrons. The predicted molar refractivity (Wildman–Crippen MR) is 129 cm³/mol. The second-order valence-electron chi connectivity index (χ2n) is 7.51. The number of alkyl halides is 3. The Labute approximate surface area is 205 Å². The van der Waals surface area contributed by atoms with Gasteiger partial charge in [-0.1, -0.05) is 55.6 Å². The van der Waals surface area contributed by atoms with E-state index in [1.807, 2.05) is 0 Å². The van der Waals surface area contributed by atoms with E-state index in [1.165, 1.54) is 19.3 Å². The highest BCUT2D eigenvalue weighted by atomic mass is 19.4. The van der Waals surface area contributed by atoms with Crippen LogP contribution in [0.5, 0.6) is 11.5 Å². The first-order chi connectivity index (χ1) is 17.1. The van der Waals surface area contributed by atoms with E-state index < -0.39 is 29.4 Å². The summed E-state index contributed by atoms with van der Waals surface area (Å²) in [6.07, 6.45) is -1.38. The summed E-state index contributed by atoms with van der Waals surface area (Å²) in [5.74, 6) is -1.60. The maximum absolute atomic E-state index is 13.6. The average Bonchev–Trinajstić information content (AvgIpc) is 2.86. The predicted octanol–water partition coefficient (Wildman–Crippen LogP) is 7.10. The fraction of sp³-hybridized carbons (Fsp3) is 0.0714. The summed E-state index contributed by atoms with van der Waals surface area (Å²) >= 11 is 0. The van der Waals surface area contributed by atoms with Crippen molar-refractivity contribution in [3.63, 3.8) is 0 Å². The highest BCUT2D eigenvalue weighted by Crippen LogP contribution is 2.39. The summed E-state index contributed by atoms with van der Waals surface area (Å²) in [5, 5.41) is 0. The zero-order chi connectivity index (χ0) is 26.3. The molecule has 0 saturated heterocycles. The lowest BCUT2D eigenvalue weighted by Crippen LogP contribution is -2.14. The first-order valence-corrected chi connectivity index (χ1v) is 10.5.